The topological polar surface area (TPSA) is 332 Å². The summed E-state index contributed by atoms with van der Waals surface area (Å²) in [4.78, 5) is 132. The van der Waals surface area contributed by atoms with Gasteiger partial charge in [-0.1, -0.05) is 152 Å². The van der Waals surface area contributed by atoms with Crippen molar-refractivity contribution in [1.29, 1.82) is 0 Å². The van der Waals surface area contributed by atoms with Crippen molar-refractivity contribution in [3.8, 4) is 67.3 Å². The van der Waals surface area contributed by atoms with Crippen molar-refractivity contribution in [2.75, 3.05) is 41.5 Å². The van der Waals surface area contributed by atoms with Crippen LogP contribution < -0.4 is 21.3 Å². The number of H-pyrrole nitrogens is 4. The molecule has 9 heterocycles. The van der Waals surface area contributed by atoms with E-state index in [1.807, 2.05) is 93.6 Å². The van der Waals surface area contributed by atoms with Crippen molar-refractivity contribution in [3.63, 3.8) is 0 Å². The quantitative estimate of drug-likeness (QED) is 0.0206. The highest BCUT2D eigenvalue weighted by Crippen LogP contribution is 2.51. The summed E-state index contributed by atoms with van der Waals surface area (Å²) in [6.07, 6.45) is 15.8. The maximum Gasteiger partial charge on any atom is 0.407 e. The van der Waals surface area contributed by atoms with Crippen LogP contribution in [-0.4, -0.2) is 179 Å². The third-order valence-corrected chi connectivity index (χ3v) is 23.7. The Labute approximate surface area is 660 Å². The minimum atomic E-state index is -0.687. The van der Waals surface area contributed by atoms with Gasteiger partial charge in [-0.15, -0.1) is 0 Å². The number of nitrogens with one attached hydrogen (secondary N) is 8. The Morgan fingerprint density at radius 1 is 0.372 bits per heavy atom. The first-order chi connectivity index (χ1) is 54.4. The first kappa shape index (κ1) is 79.8. The number of benzene rings is 4. The maximum atomic E-state index is 14.1. The van der Waals surface area contributed by atoms with Crippen LogP contribution in [0.25, 0.3) is 67.3 Å². The maximum absolute atomic E-state index is 14.1. The molecular weight excluding hydrogens is 1430 g/mol. The highest BCUT2D eigenvalue weighted by atomic mass is 16.5. The molecule has 0 spiro atoms. The van der Waals surface area contributed by atoms with Crippen molar-refractivity contribution in [2.24, 2.45) is 35.5 Å². The number of hydrogen-bond acceptors (Lipinski definition) is 16. The minimum Gasteiger partial charge on any atom is -0.483 e. The van der Waals surface area contributed by atoms with Crippen LogP contribution in [0, 0.1) is 35.5 Å². The molecule has 0 radical (unpaired) electrons. The zero-order valence-corrected chi connectivity index (χ0v) is 66.8. The van der Waals surface area contributed by atoms with Gasteiger partial charge in [0.2, 0.25) is 23.6 Å². The standard InChI is InChI=1S/C44H56N8O5.C42H52N8O6/c1-25(2)37(47-27(5)56-6)42(53)51-22-8-9-36(51)40-45-23-34(48-40)30-14-10-28(11-15-30)29-12-16-31(17-13-29)35-24-46-41(49-35)39-32-18-20-33(21-19-32)52(39)43(54)38(26(3)4)50-44(55)57-7;1-23(2)34(47-41(53)55-5)39(51)49-19-7-8-33(49)37-43-21-31(45-37)27-13-9-25(10-14-27)26-11-15-28(16-12-26)32-22-44-38(46-32)36-29-17-18-30(20-29)50(36)40(52)35(24(3)4)48-42(54)56-6/h10-17,23-26,32-33,36-39,47H,5,8-9,18-22H2,1-4,6-7H3,(H,45,48)(H,46,49)(H,50,55);9-16,21-24,29-30,33-36H,7-8,17-20H2,1-6H3,(H,43,45)(H,44,46)(H,47,53)(H,48,54)/t32?,33?,36-,37-,38-,39-;29?,30?,33-,34-,35-,36-/m00/s1. The summed E-state index contributed by atoms with van der Waals surface area (Å²) in [5, 5.41) is 11.4. The zero-order chi connectivity index (χ0) is 80.1. The number of aromatic amines is 4. The molecule has 8 N–H and O–H groups in total. The summed E-state index contributed by atoms with van der Waals surface area (Å²) in [5.74, 6) is 3.52. The predicted molar refractivity (Wildman–Crippen MR) is 428 cm³/mol. The molecule has 113 heavy (non-hydrogen) atoms. The number of ether oxygens (including phenoxy) is 4. The Bertz CT molecular complexity index is 4670. The molecule has 8 aromatic rings. The first-order valence-corrected chi connectivity index (χ1v) is 39.8. The van der Waals surface area contributed by atoms with Gasteiger partial charge in [-0.25, -0.2) is 34.3 Å². The van der Waals surface area contributed by atoms with Gasteiger partial charge in [0.25, 0.3) is 0 Å². The Kier molecular flexibility index (Phi) is 24.6. The van der Waals surface area contributed by atoms with Gasteiger partial charge in [-0.3, -0.25) is 19.2 Å². The Balaban J connectivity index is 0.000000198. The van der Waals surface area contributed by atoms with Gasteiger partial charge in [-0.05, 0) is 157 Å². The highest BCUT2D eigenvalue weighted by Gasteiger charge is 2.52. The van der Waals surface area contributed by atoms with Gasteiger partial charge in [0.15, 0.2) is 5.88 Å². The van der Waals surface area contributed by atoms with Crippen LogP contribution in [0.15, 0.2) is 134 Å². The lowest BCUT2D eigenvalue weighted by atomic mass is 9.73. The fourth-order valence-corrected chi connectivity index (χ4v) is 17.6. The van der Waals surface area contributed by atoms with Gasteiger partial charge >= 0.3 is 18.3 Å². The van der Waals surface area contributed by atoms with Crippen LogP contribution in [-0.2, 0) is 38.1 Å². The average Bonchev–Trinajstić information content (AvgIpc) is 1.60. The molecule has 10 atom stereocenters. The predicted octanol–water partition coefficient (Wildman–Crippen LogP) is 14.0. The number of likely N-dealkylation sites (tertiary alicyclic amines) is 3. The number of hydrogen-bond donors (Lipinski definition) is 8. The van der Waals surface area contributed by atoms with E-state index in [4.69, 9.17) is 33.9 Å². The second-order valence-corrected chi connectivity index (χ2v) is 32.2. The second-order valence-electron chi connectivity index (χ2n) is 32.2. The lowest BCUT2D eigenvalue weighted by molar-refractivity contribution is -0.149. The van der Waals surface area contributed by atoms with Crippen molar-refractivity contribution < 1.29 is 52.5 Å². The highest BCUT2D eigenvalue weighted by molar-refractivity contribution is 5.89. The van der Waals surface area contributed by atoms with Crippen LogP contribution in [0.5, 0.6) is 0 Å². The fraction of sp³-hybridized carbons (Fsp3) is 0.477. The number of piperidine rings is 3. The van der Waals surface area contributed by atoms with E-state index in [0.717, 1.165) is 161 Å². The van der Waals surface area contributed by atoms with E-state index in [2.05, 4.69) is 150 Å². The Morgan fingerprint density at radius 3 is 1.01 bits per heavy atom. The molecule has 4 aromatic carbocycles. The average molecular weight is 1540 g/mol. The molecule has 598 valence electrons. The zero-order valence-electron chi connectivity index (χ0n) is 66.8. The molecule has 4 aromatic heterocycles. The number of nitrogens with zero attached hydrogens (tertiary/aromatic N) is 8. The number of methoxy groups -OCH3 is 4. The Morgan fingerprint density at radius 2 is 0.664 bits per heavy atom. The van der Waals surface area contributed by atoms with Crippen LogP contribution >= 0.6 is 0 Å². The molecule has 27 heteroatoms. The number of amides is 7. The summed E-state index contributed by atoms with van der Waals surface area (Å²) in [6, 6.07) is 30.4. The van der Waals surface area contributed by atoms with E-state index in [1.54, 1.807) is 13.3 Å². The molecule has 4 bridgehead atoms. The van der Waals surface area contributed by atoms with Crippen LogP contribution in [0.1, 0.15) is 173 Å². The first-order valence-electron chi connectivity index (χ1n) is 39.8. The van der Waals surface area contributed by atoms with Crippen LogP contribution in [0.2, 0.25) is 0 Å². The van der Waals surface area contributed by atoms with Gasteiger partial charge < -0.3 is 79.8 Å². The van der Waals surface area contributed by atoms with E-state index in [-0.39, 0.29) is 83.6 Å². The van der Waals surface area contributed by atoms with E-state index < -0.39 is 42.4 Å². The molecule has 7 fully saturated rings. The van der Waals surface area contributed by atoms with Gasteiger partial charge in [0, 0.05) is 25.2 Å². The largest absolute Gasteiger partial charge is 0.483 e. The molecule has 15 rings (SSSR count). The molecule has 5 aliphatic heterocycles. The minimum absolute atomic E-state index is 0.0211. The molecular formula is C86H108N16O11. The summed E-state index contributed by atoms with van der Waals surface area (Å²) < 4.78 is 19.6. The number of carbonyl (C=O) groups excluding carboxylic acids is 7. The van der Waals surface area contributed by atoms with E-state index in [9.17, 15) is 33.6 Å². The molecule has 2 aliphatic carbocycles. The molecule has 2 saturated carbocycles. The smallest absolute Gasteiger partial charge is 0.407 e. The van der Waals surface area contributed by atoms with E-state index in [1.165, 1.54) is 21.3 Å². The monoisotopic (exact) mass is 1540 g/mol. The molecule has 5 saturated heterocycles. The fourth-order valence-electron chi connectivity index (χ4n) is 17.6. The van der Waals surface area contributed by atoms with Crippen molar-refractivity contribution in [1.82, 2.24) is 80.7 Å². The number of fused-ring (bicyclic) bond motifs is 5. The Hall–Kier alpha value is -11.3. The van der Waals surface area contributed by atoms with Crippen LogP contribution in [0.4, 0.5) is 14.4 Å². The number of alkyl carbamates (subject to hydrolysis) is 3. The molecule has 7 amide bonds. The second kappa shape index (κ2) is 34.8. The van der Waals surface area contributed by atoms with Crippen LogP contribution in [0.3, 0.4) is 0 Å². The van der Waals surface area contributed by atoms with Crippen molar-refractivity contribution >= 4 is 41.9 Å². The summed E-state index contributed by atoms with van der Waals surface area (Å²) in [5.41, 5.74) is 11.8. The molecule has 7 aliphatic rings. The SMILES string of the molecule is C=C(N[C@H](C(=O)N1CCC[C@H]1c1ncc(-c2ccc(-c3ccc(-c4cnc([C@@H]5C6CCC(CC6)N5C(=O)[C@@H](NC(=O)OC)C(C)C)[nH]4)cc3)cc2)[nH]1)C(C)C)OC.COC(=O)N[C@H](C(=O)N1CCC[C@H]1c1ncc(-c2ccc(-c3ccc(-c4cnc([C@@H]5C6CCC(C6)N5C(=O)[C@@H](NC(=O)OC)C(C)C)[nH]4)cc3)cc2)[nH]1)C(C)C. The van der Waals surface area contributed by atoms with E-state index >= 15 is 0 Å². The lowest BCUT2D eigenvalue weighted by Gasteiger charge is -2.51. The van der Waals surface area contributed by atoms with Gasteiger partial charge in [0.05, 0.1) is 100 Å². The lowest BCUT2D eigenvalue weighted by Crippen LogP contribution is -2.59. The normalized spacial score (nSPS) is 21.4. The number of carbonyl (C=O) groups is 7. The summed E-state index contributed by atoms with van der Waals surface area (Å²) in [6.45, 7) is 20.7. The number of rotatable bonds is 24. The summed E-state index contributed by atoms with van der Waals surface area (Å²) in [7, 11) is 5.45. The van der Waals surface area contributed by atoms with Gasteiger partial charge in [0.1, 0.15) is 47.5 Å². The third-order valence-electron chi connectivity index (χ3n) is 23.7. The number of aromatic nitrogens is 8. The van der Waals surface area contributed by atoms with Gasteiger partial charge in [-0.2, -0.15) is 0 Å². The molecule has 27 nitrogen and oxygen atoms in total. The number of imidazole rings is 4. The van der Waals surface area contributed by atoms with Crippen molar-refractivity contribution in [3.05, 3.63) is 158 Å². The molecule has 2 unspecified atom stereocenters. The summed E-state index contributed by atoms with van der Waals surface area (Å²) >= 11 is 0. The van der Waals surface area contributed by atoms with Crippen molar-refractivity contribution in [2.45, 2.75) is 186 Å². The van der Waals surface area contributed by atoms with E-state index in [0.29, 0.717) is 30.8 Å². The third kappa shape index (κ3) is 17.1.